The van der Waals surface area contributed by atoms with E-state index in [2.05, 4.69) is 11.4 Å². The molecule has 1 aromatic rings. The molecule has 0 fully saturated rings. The van der Waals surface area contributed by atoms with E-state index in [0.29, 0.717) is 5.56 Å². The zero-order valence-electron chi connectivity index (χ0n) is 14.2. The third-order valence-electron chi connectivity index (χ3n) is 3.18. The predicted molar refractivity (Wildman–Crippen MR) is 88.9 cm³/mol. The van der Waals surface area contributed by atoms with Crippen LogP contribution in [0.1, 0.15) is 24.5 Å². The molecule has 0 aliphatic heterocycles. The zero-order valence-corrected chi connectivity index (χ0v) is 14.2. The summed E-state index contributed by atoms with van der Waals surface area (Å²) in [7, 11) is 1.38. The Bertz CT molecular complexity index is 662. The van der Waals surface area contributed by atoms with Gasteiger partial charge < -0.3 is 24.8 Å². The Balaban J connectivity index is 2.96. The van der Waals surface area contributed by atoms with E-state index in [1.54, 1.807) is 6.07 Å². The number of hydrogen-bond donors (Lipinski definition) is 1. The molecule has 0 amide bonds. The minimum Gasteiger partial charge on any atom is -0.493 e. The van der Waals surface area contributed by atoms with Crippen molar-refractivity contribution in [1.82, 2.24) is 0 Å². The lowest BCUT2D eigenvalue weighted by Gasteiger charge is -2.19. The first-order valence-corrected chi connectivity index (χ1v) is 7.60. The summed E-state index contributed by atoms with van der Waals surface area (Å²) in [4.78, 5) is 37.3. The van der Waals surface area contributed by atoms with E-state index in [4.69, 9.17) is 19.9 Å². The van der Waals surface area contributed by atoms with Crippen molar-refractivity contribution in [2.24, 2.45) is 5.73 Å². The van der Waals surface area contributed by atoms with E-state index in [1.165, 1.54) is 19.2 Å². The van der Waals surface area contributed by atoms with Gasteiger partial charge in [0.15, 0.2) is 11.5 Å². The quantitative estimate of drug-likeness (QED) is 0.153. The van der Waals surface area contributed by atoms with Crippen LogP contribution in [0.2, 0.25) is 0 Å². The fourth-order valence-electron chi connectivity index (χ4n) is 2.02. The van der Waals surface area contributed by atoms with Crippen molar-refractivity contribution in [2.75, 3.05) is 20.3 Å². The van der Waals surface area contributed by atoms with Gasteiger partial charge in [-0.1, -0.05) is 12.6 Å². The molecule has 0 radical (unpaired) electrons. The molecule has 1 aromatic carbocycles. The number of rotatable bonds is 11. The standard InChI is InChI=1S/C16H20N2O8/c1-3-15(19)25-12(5-4-8-24-18(21)22)11-6-7-13(14(9-11)23-2)26-16(20)10-17/h3,6-7,9,12H,1,4-5,8,10,17H2,2H3. The van der Waals surface area contributed by atoms with Gasteiger partial charge in [-0.2, -0.15) is 0 Å². The van der Waals surface area contributed by atoms with Crippen molar-refractivity contribution in [1.29, 1.82) is 0 Å². The number of carbonyl (C=O) groups excluding carboxylic acids is 2. The summed E-state index contributed by atoms with van der Waals surface area (Å²) in [5.74, 6) is -0.881. The Morgan fingerprint density at radius 2 is 2.12 bits per heavy atom. The Hall–Kier alpha value is -3.14. The molecular formula is C16H20N2O8. The molecule has 0 aromatic heterocycles. The topological polar surface area (TPSA) is 140 Å². The lowest BCUT2D eigenvalue weighted by molar-refractivity contribution is -0.757. The highest BCUT2D eigenvalue weighted by Crippen LogP contribution is 2.33. The monoisotopic (exact) mass is 368 g/mol. The van der Waals surface area contributed by atoms with Crippen molar-refractivity contribution in [2.45, 2.75) is 18.9 Å². The van der Waals surface area contributed by atoms with E-state index in [1.807, 2.05) is 0 Å². The predicted octanol–water partition coefficient (Wildman–Crippen LogP) is 1.32. The highest BCUT2D eigenvalue weighted by atomic mass is 16.9. The van der Waals surface area contributed by atoms with Gasteiger partial charge in [-0.3, -0.25) is 4.79 Å². The molecule has 0 aliphatic rings. The maximum absolute atomic E-state index is 11.5. The smallest absolute Gasteiger partial charge is 0.330 e. The van der Waals surface area contributed by atoms with Crippen LogP contribution < -0.4 is 15.2 Å². The third-order valence-corrected chi connectivity index (χ3v) is 3.18. The lowest BCUT2D eigenvalue weighted by atomic mass is 10.0. The fraction of sp³-hybridized carbons (Fsp3) is 0.375. The normalized spacial score (nSPS) is 11.2. The second-order valence-electron chi connectivity index (χ2n) is 4.92. The van der Waals surface area contributed by atoms with E-state index >= 15 is 0 Å². The van der Waals surface area contributed by atoms with Crippen LogP contribution in [-0.2, 0) is 19.2 Å². The molecule has 0 spiro atoms. The second-order valence-corrected chi connectivity index (χ2v) is 4.92. The van der Waals surface area contributed by atoms with Crippen LogP contribution in [-0.4, -0.2) is 37.3 Å². The largest absolute Gasteiger partial charge is 0.493 e. The van der Waals surface area contributed by atoms with Crippen molar-refractivity contribution in [3.8, 4) is 11.5 Å². The molecule has 10 nitrogen and oxygen atoms in total. The van der Waals surface area contributed by atoms with Crippen LogP contribution in [0.25, 0.3) is 0 Å². The van der Waals surface area contributed by atoms with Gasteiger partial charge in [0.05, 0.1) is 20.3 Å². The molecule has 1 unspecified atom stereocenters. The summed E-state index contributed by atoms with van der Waals surface area (Å²) < 4.78 is 15.5. The molecule has 1 atom stereocenters. The summed E-state index contributed by atoms with van der Waals surface area (Å²) in [6.07, 6.45) is 0.819. The van der Waals surface area contributed by atoms with E-state index < -0.39 is 23.1 Å². The molecule has 0 saturated heterocycles. The van der Waals surface area contributed by atoms with Gasteiger partial charge in [-0.25, -0.2) is 4.79 Å². The minimum absolute atomic E-state index is 0.140. The van der Waals surface area contributed by atoms with Gasteiger partial charge in [0.2, 0.25) is 0 Å². The first kappa shape index (κ1) is 20.9. The minimum atomic E-state index is -0.894. The first-order valence-electron chi connectivity index (χ1n) is 7.60. The summed E-state index contributed by atoms with van der Waals surface area (Å²) in [6, 6.07) is 4.59. The second kappa shape index (κ2) is 10.7. The Morgan fingerprint density at radius 3 is 2.69 bits per heavy atom. The highest BCUT2D eigenvalue weighted by molar-refractivity contribution is 5.81. The van der Waals surface area contributed by atoms with E-state index in [0.717, 1.165) is 6.08 Å². The Kier molecular flexibility index (Phi) is 8.58. The Morgan fingerprint density at radius 1 is 1.38 bits per heavy atom. The molecule has 0 heterocycles. The van der Waals surface area contributed by atoms with E-state index in [9.17, 15) is 19.7 Å². The van der Waals surface area contributed by atoms with Crippen molar-refractivity contribution in [3.05, 3.63) is 46.5 Å². The molecule has 0 bridgehead atoms. The van der Waals surface area contributed by atoms with Crippen LogP contribution in [0, 0.1) is 10.1 Å². The van der Waals surface area contributed by atoms with Crippen LogP contribution in [0.5, 0.6) is 11.5 Å². The molecule has 0 aliphatic carbocycles. The maximum atomic E-state index is 11.5. The Labute approximate surface area is 149 Å². The average molecular weight is 368 g/mol. The van der Waals surface area contributed by atoms with Crippen LogP contribution >= 0.6 is 0 Å². The van der Waals surface area contributed by atoms with Gasteiger partial charge in [-0.05, 0) is 30.5 Å². The van der Waals surface area contributed by atoms with Crippen LogP contribution in [0.15, 0.2) is 30.9 Å². The van der Waals surface area contributed by atoms with Gasteiger partial charge >= 0.3 is 11.9 Å². The van der Waals surface area contributed by atoms with Gasteiger partial charge in [0.1, 0.15) is 6.10 Å². The lowest BCUT2D eigenvalue weighted by Crippen LogP contribution is -2.19. The van der Waals surface area contributed by atoms with E-state index in [-0.39, 0.29) is 37.5 Å². The van der Waals surface area contributed by atoms with Gasteiger partial charge in [0.25, 0.3) is 5.09 Å². The number of nitrogens with zero attached hydrogens (tertiary/aromatic N) is 1. The number of esters is 2. The first-order chi connectivity index (χ1) is 12.4. The number of benzene rings is 1. The number of carbonyl (C=O) groups is 2. The molecule has 1 rings (SSSR count). The summed E-state index contributed by atoms with van der Waals surface area (Å²) in [5.41, 5.74) is 5.75. The summed E-state index contributed by atoms with van der Waals surface area (Å²) in [6.45, 7) is 2.90. The maximum Gasteiger partial charge on any atom is 0.330 e. The van der Waals surface area contributed by atoms with Crippen molar-refractivity contribution >= 4 is 11.9 Å². The number of methoxy groups -OCH3 is 1. The van der Waals surface area contributed by atoms with Crippen LogP contribution in [0.4, 0.5) is 0 Å². The summed E-state index contributed by atoms with van der Waals surface area (Å²) in [5, 5.41) is 9.30. The summed E-state index contributed by atoms with van der Waals surface area (Å²) >= 11 is 0. The fourth-order valence-corrected chi connectivity index (χ4v) is 2.02. The average Bonchev–Trinajstić information content (AvgIpc) is 2.63. The van der Waals surface area contributed by atoms with Crippen molar-refractivity contribution < 1.29 is 33.7 Å². The number of hydrogen-bond acceptors (Lipinski definition) is 9. The van der Waals surface area contributed by atoms with Crippen LogP contribution in [0.3, 0.4) is 0 Å². The number of nitrogens with two attached hydrogens (primary N) is 1. The number of ether oxygens (including phenoxy) is 3. The molecule has 10 heteroatoms. The van der Waals surface area contributed by atoms with Gasteiger partial charge in [-0.15, -0.1) is 10.1 Å². The third kappa shape index (κ3) is 6.77. The molecular weight excluding hydrogens is 348 g/mol. The highest BCUT2D eigenvalue weighted by Gasteiger charge is 2.19. The SMILES string of the molecule is C=CC(=O)OC(CCCO[N+](=O)[O-])c1ccc(OC(=O)CN)c(OC)c1. The van der Waals surface area contributed by atoms with Crippen molar-refractivity contribution in [3.63, 3.8) is 0 Å². The molecule has 142 valence electrons. The van der Waals surface area contributed by atoms with Gasteiger partial charge in [0, 0.05) is 6.08 Å². The molecule has 26 heavy (non-hydrogen) atoms. The molecule has 2 N–H and O–H groups in total. The molecule has 0 saturated carbocycles. The zero-order chi connectivity index (χ0) is 19.5.